The molecule has 1 aliphatic carbocycles. The van der Waals surface area contributed by atoms with Crippen LogP contribution in [0.25, 0.3) is 16.7 Å². The van der Waals surface area contributed by atoms with Crippen molar-refractivity contribution in [1.82, 2.24) is 19.6 Å². The highest BCUT2D eigenvalue weighted by atomic mass is 35.5. The molecule has 0 saturated heterocycles. The van der Waals surface area contributed by atoms with Gasteiger partial charge in [-0.15, -0.1) is 10.2 Å². The van der Waals surface area contributed by atoms with Crippen LogP contribution in [-0.2, 0) is 0 Å². The maximum atomic E-state index is 14.1. The van der Waals surface area contributed by atoms with Crippen molar-refractivity contribution in [2.24, 2.45) is 5.92 Å². The molecule has 31 heavy (non-hydrogen) atoms. The van der Waals surface area contributed by atoms with E-state index in [1.54, 1.807) is 22.4 Å². The van der Waals surface area contributed by atoms with E-state index in [-0.39, 0.29) is 29.8 Å². The van der Waals surface area contributed by atoms with Gasteiger partial charge in [-0.3, -0.25) is 0 Å². The van der Waals surface area contributed by atoms with Gasteiger partial charge in [-0.1, -0.05) is 17.9 Å². The fourth-order valence-electron chi connectivity index (χ4n) is 3.69. The predicted octanol–water partition coefficient (Wildman–Crippen LogP) is 5.23. The third kappa shape index (κ3) is 3.55. The van der Waals surface area contributed by atoms with E-state index in [1.807, 2.05) is 24.3 Å². The van der Waals surface area contributed by atoms with Gasteiger partial charge in [0.2, 0.25) is 5.28 Å². The van der Waals surface area contributed by atoms with Gasteiger partial charge in [-0.05, 0) is 48.0 Å². The number of benzene rings is 2. The van der Waals surface area contributed by atoms with Gasteiger partial charge in [0.25, 0.3) is 11.7 Å². The molecule has 0 bridgehead atoms. The molecule has 1 aliphatic rings. The molecular weight excluding hydrogens is 427 g/mol. The van der Waals surface area contributed by atoms with Crippen LogP contribution >= 0.6 is 11.6 Å². The zero-order chi connectivity index (χ0) is 21.8. The molecule has 1 fully saturated rings. The van der Waals surface area contributed by atoms with Crippen LogP contribution in [-0.4, -0.2) is 32.6 Å². The predicted molar refractivity (Wildman–Crippen MR) is 112 cm³/mol. The maximum absolute atomic E-state index is 14.1. The van der Waals surface area contributed by atoms with Crippen molar-refractivity contribution in [2.75, 3.05) is 11.9 Å². The normalized spacial score (nSPS) is 15.5. The Labute approximate surface area is 180 Å². The van der Waals surface area contributed by atoms with E-state index in [9.17, 15) is 13.2 Å². The Kier molecular flexibility index (Phi) is 4.52. The smallest absolute Gasteiger partial charge is 0.258 e. The molecule has 5 rings (SSSR count). The van der Waals surface area contributed by atoms with Crippen molar-refractivity contribution in [1.29, 1.82) is 0 Å². The van der Waals surface area contributed by atoms with Gasteiger partial charge in [0.1, 0.15) is 11.6 Å². The summed E-state index contributed by atoms with van der Waals surface area (Å²) >= 11 is 6.14. The Morgan fingerprint density at radius 2 is 1.97 bits per heavy atom. The first-order valence-electron chi connectivity index (χ1n) is 9.54. The number of anilines is 2. The van der Waals surface area contributed by atoms with Crippen LogP contribution in [0, 0.1) is 23.6 Å². The molecule has 2 heterocycles. The fourth-order valence-corrected chi connectivity index (χ4v) is 3.90. The summed E-state index contributed by atoms with van der Waals surface area (Å²) in [6.07, 6.45) is -0.385. The maximum Gasteiger partial charge on any atom is 0.258 e. The molecule has 0 radical (unpaired) electrons. The third-order valence-corrected chi connectivity index (χ3v) is 5.56. The summed E-state index contributed by atoms with van der Waals surface area (Å²) in [5.41, 5.74) is 2.06. The first kappa shape index (κ1) is 19.6. The van der Waals surface area contributed by atoms with E-state index in [0.29, 0.717) is 22.3 Å². The van der Waals surface area contributed by atoms with Gasteiger partial charge < -0.3 is 4.90 Å². The van der Waals surface area contributed by atoms with Crippen molar-refractivity contribution >= 4 is 39.8 Å². The largest absolute Gasteiger partial charge is 0.329 e. The van der Waals surface area contributed by atoms with Gasteiger partial charge in [-0.25, -0.2) is 17.6 Å². The fraction of sp³-hybridized carbons (Fsp3) is 0.227. The summed E-state index contributed by atoms with van der Waals surface area (Å²) in [4.78, 5) is 6.31. The Balaban J connectivity index is 1.55. The van der Waals surface area contributed by atoms with E-state index in [0.717, 1.165) is 5.69 Å². The molecule has 0 unspecified atom stereocenters. The molecule has 156 valence electrons. The minimum Gasteiger partial charge on any atom is -0.329 e. The second kappa shape index (κ2) is 7.13. The van der Waals surface area contributed by atoms with Crippen molar-refractivity contribution in [3.8, 4) is 11.8 Å². The van der Waals surface area contributed by atoms with E-state index in [1.165, 1.54) is 12.1 Å². The highest BCUT2D eigenvalue weighted by Gasteiger charge is 2.44. The van der Waals surface area contributed by atoms with Crippen LogP contribution in [0.4, 0.5) is 24.7 Å². The summed E-state index contributed by atoms with van der Waals surface area (Å²) in [7, 11) is 1.79. The van der Waals surface area contributed by atoms with Crippen LogP contribution in [0.15, 0.2) is 42.5 Å². The van der Waals surface area contributed by atoms with Crippen molar-refractivity contribution in [2.45, 2.75) is 18.8 Å². The summed E-state index contributed by atoms with van der Waals surface area (Å²) in [5.74, 6) is 3.35. The van der Waals surface area contributed by atoms with E-state index < -0.39 is 11.7 Å². The Morgan fingerprint density at radius 3 is 2.74 bits per heavy atom. The van der Waals surface area contributed by atoms with Crippen LogP contribution in [0.3, 0.4) is 0 Å². The van der Waals surface area contributed by atoms with E-state index in [2.05, 4.69) is 27.0 Å². The first-order chi connectivity index (χ1) is 14.8. The molecule has 0 amide bonds. The molecule has 4 aromatic rings. The van der Waals surface area contributed by atoms with Gasteiger partial charge in [0.05, 0.1) is 5.52 Å². The second-order valence-electron chi connectivity index (χ2n) is 7.54. The lowest BCUT2D eigenvalue weighted by molar-refractivity contribution is -0.0936. The molecule has 0 spiro atoms. The zero-order valence-corrected chi connectivity index (χ0v) is 17.0. The van der Waals surface area contributed by atoms with E-state index >= 15 is 0 Å². The molecule has 2 aromatic heterocycles. The number of rotatable bonds is 2. The quantitative estimate of drug-likeness (QED) is 0.399. The van der Waals surface area contributed by atoms with Gasteiger partial charge in [-0.2, -0.15) is 4.98 Å². The van der Waals surface area contributed by atoms with Gasteiger partial charge in [0.15, 0.2) is 0 Å². The molecule has 5 nitrogen and oxygen atoms in total. The summed E-state index contributed by atoms with van der Waals surface area (Å²) in [5, 5.41) is 8.50. The minimum atomic E-state index is -2.59. The second-order valence-corrected chi connectivity index (χ2v) is 7.88. The van der Waals surface area contributed by atoms with Crippen molar-refractivity contribution < 1.29 is 13.2 Å². The molecule has 0 N–H and O–H groups in total. The topological polar surface area (TPSA) is 46.3 Å². The average Bonchev–Trinajstić information content (AvgIpc) is 3.10. The number of nitrogens with zero attached hydrogens (tertiary/aromatic N) is 5. The third-order valence-electron chi connectivity index (χ3n) is 5.31. The number of halogens is 4. The Bertz CT molecular complexity index is 1380. The minimum absolute atomic E-state index is 0.132. The van der Waals surface area contributed by atoms with Gasteiger partial charge >= 0.3 is 0 Å². The lowest BCUT2D eigenvalue weighted by Crippen LogP contribution is -2.34. The SMILES string of the molecule is CN(c1cccc(C#CC2CC(F)(F)C2)c1)c1nc2nnc(Cl)n2c2ccc(F)cc12. The number of alkyl halides is 2. The van der Waals surface area contributed by atoms with Gasteiger partial charge in [0, 0.05) is 42.4 Å². The van der Waals surface area contributed by atoms with E-state index in [4.69, 9.17) is 11.6 Å². The standard InChI is InChI=1S/C22H15ClF3N5/c1-30(16-4-2-3-13(9-16)5-6-14-11-22(25,26)12-14)19-17-10-15(24)7-8-18(17)31-20(23)28-29-21(31)27-19/h2-4,7-10,14H,11-12H2,1H3. The average molecular weight is 442 g/mol. The molecule has 0 aliphatic heterocycles. The summed E-state index contributed by atoms with van der Waals surface area (Å²) in [6, 6.07) is 11.6. The Morgan fingerprint density at radius 1 is 1.16 bits per heavy atom. The lowest BCUT2D eigenvalue weighted by Gasteiger charge is -2.31. The van der Waals surface area contributed by atoms with Crippen molar-refractivity contribution in [3.05, 3.63) is 59.1 Å². The molecule has 2 aromatic carbocycles. The molecular formula is C22H15ClF3N5. The lowest BCUT2D eigenvalue weighted by atomic mass is 9.82. The number of hydrogen-bond donors (Lipinski definition) is 0. The summed E-state index contributed by atoms with van der Waals surface area (Å²) < 4.78 is 41.6. The Hall–Kier alpha value is -3.31. The number of hydrogen-bond acceptors (Lipinski definition) is 4. The van der Waals surface area contributed by atoms with Crippen LogP contribution < -0.4 is 4.90 Å². The zero-order valence-electron chi connectivity index (χ0n) is 16.3. The monoisotopic (exact) mass is 441 g/mol. The first-order valence-corrected chi connectivity index (χ1v) is 9.92. The number of fused-ring (bicyclic) bond motifs is 3. The van der Waals surface area contributed by atoms with Crippen molar-refractivity contribution in [3.63, 3.8) is 0 Å². The highest BCUT2D eigenvalue weighted by Crippen LogP contribution is 2.42. The molecule has 9 heteroatoms. The summed E-state index contributed by atoms with van der Waals surface area (Å²) in [6.45, 7) is 0. The molecule has 0 atom stereocenters. The number of aromatic nitrogens is 4. The van der Waals surface area contributed by atoms with Crippen LogP contribution in [0.2, 0.25) is 5.28 Å². The highest BCUT2D eigenvalue weighted by molar-refractivity contribution is 6.29. The van der Waals surface area contributed by atoms with Crippen LogP contribution in [0.1, 0.15) is 18.4 Å². The molecule has 1 saturated carbocycles. The van der Waals surface area contributed by atoms with Crippen LogP contribution in [0.5, 0.6) is 0 Å².